The number of ether oxygens (including phenoxy) is 2. The van der Waals surface area contributed by atoms with E-state index in [1.807, 2.05) is 30.3 Å². The Kier molecular flexibility index (Phi) is 11.1. The first-order valence-corrected chi connectivity index (χ1v) is 16.8. The average molecular weight is 605 g/mol. The van der Waals surface area contributed by atoms with Gasteiger partial charge in [-0.2, -0.15) is 0 Å². The molecule has 2 aromatic rings. The van der Waals surface area contributed by atoms with Gasteiger partial charge in [-0.15, -0.1) is 0 Å². The highest BCUT2D eigenvalue weighted by Gasteiger charge is 2.48. The number of aliphatic hydroxyl groups is 1. The molecule has 3 aliphatic carbocycles. The fourth-order valence-corrected chi connectivity index (χ4v) is 8.00. The van der Waals surface area contributed by atoms with E-state index in [9.17, 15) is 24.6 Å². The number of Topliss-reactive ketones (excluding diaryl/α,β-unsaturated/α-hetero) is 1. The maximum atomic E-state index is 13.5. The summed E-state index contributed by atoms with van der Waals surface area (Å²) >= 11 is 0. The van der Waals surface area contributed by atoms with Gasteiger partial charge in [-0.1, -0.05) is 81.5 Å². The number of carbonyl (C=O) groups excluding carboxylic acids is 2. The molecular weight excluding hydrogens is 556 g/mol. The molecule has 0 aromatic heterocycles. The highest BCUT2D eigenvalue weighted by atomic mass is 16.5. The monoisotopic (exact) mass is 604 g/mol. The van der Waals surface area contributed by atoms with Gasteiger partial charge in [0.15, 0.2) is 12.4 Å². The van der Waals surface area contributed by atoms with Gasteiger partial charge in [0.2, 0.25) is 0 Å². The number of esters is 1. The van der Waals surface area contributed by atoms with Crippen LogP contribution in [0.25, 0.3) is 0 Å². The molecule has 2 fully saturated rings. The lowest BCUT2D eigenvalue weighted by atomic mass is 9.73. The maximum absolute atomic E-state index is 13.5. The van der Waals surface area contributed by atoms with Crippen LogP contribution in [-0.4, -0.2) is 46.7 Å². The van der Waals surface area contributed by atoms with E-state index in [0.717, 1.165) is 69.1 Å². The summed E-state index contributed by atoms with van der Waals surface area (Å²) in [7, 11) is 0. The topological polar surface area (TPSA) is 110 Å². The minimum atomic E-state index is -0.910. The Morgan fingerprint density at radius 3 is 2.45 bits per heavy atom. The van der Waals surface area contributed by atoms with Gasteiger partial charge < -0.3 is 19.7 Å². The van der Waals surface area contributed by atoms with Crippen molar-refractivity contribution in [2.45, 2.75) is 103 Å². The summed E-state index contributed by atoms with van der Waals surface area (Å²) in [6.07, 6.45) is 9.86. The Morgan fingerprint density at radius 2 is 1.70 bits per heavy atom. The zero-order valence-corrected chi connectivity index (χ0v) is 26.0. The van der Waals surface area contributed by atoms with E-state index in [0.29, 0.717) is 37.2 Å². The molecule has 5 rings (SSSR count). The van der Waals surface area contributed by atoms with Gasteiger partial charge in [0.1, 0.15) is 11.9 Å². The number of hydrogen-bond acceptors (Lipinski definition) is 6. The van der Waals surface area contributed by atoms with E-state index in [2.05, 4.69) is 13.0 Å². The van der Waals surface area contributed by atoms with Crippen LogP contribution in [0.5, 0.6) is 5.75 Å². The standard InChI is InChI=1S/C37H48O7/c1-2-3-5-14-27(38)18-19-28-31-20-25-13-10-17-34(43-23-33(39)24-11-6-4-7-12-24)32(25)21-26(31)22-35(28)44-37(42)30-16-9-8-15-29(30)36(40)41/h4,6-7,10-13,17,26-31,35,38H,2-3,5,8-9,14-16,18-23H2,1H3,(H,40,41)/t26-,27-,28+,29-,30+,31-,35+/m0/s1. The number of carboxylic acid groups (broad SMARTS) is 1. The van der Waals surface area contributed by atoms with Crippen molar-refractivity contribution in [1.29, 1.82) is 0 Å². The number of aliphatic carboxylic acids is 1. The lowest BCUT2D eigenvalue weighted by Crippen LogP contribution is -2.37. The van der Waals surface area contributed by atoms with Crippen molar-refractivity contribution in [2.75, 3.05) is 6.61 Å². The van der Waals surface area contributed by atoms with Crippen molar-refractivity contribution >= 4 is 17.7 Å². The third-order valence-electron chi connectivity index (χ3n) is 10.4. The smallest absolute Gasteiger partial charge is 0.310 e. The molecule has 2 saturated carbocycles. The van der Waals surface area contributed by atoms with Crippen LogP contribution in [0, 0.1) is 29.6 Å². The number of aliphatic hydroxyl groups excluding tert-OH is 1. The first kappa shape index (κ1) is 32.2. The normalized spacial score (nSPS) is 26.7. The van der Waals surface area contributed by atoms with Gasteiger partial charge in [0, 0.05) is 5.56 Å². The molecule has 2 N–H and O–H groups in total. The molecule has 0 spiro atoms. The molecule has 3 aliphatic rings. The molecule has 2 aromatic carbocycles. The van der Waals surface area contributed by atoms with E-state index < -0.39 is 17.8 Å². The van der Waals surface area contributed by atoms with Gasteiger partial charge >= 0.3 is 11.9 Å². The molecule has 238 valence electrons. The van der Waals surface area contributed by atoms with Crippen LogP contribution in [0.4, 0.5) is 0 Å². The molecule has 7 nitrogen and oxygen atoms in total. The summed E-state index contributed by atoms with van der Waals surface area (Å²) in [4.78, 5) is 38.1. The Labute approximate surface area is 261 Å². The van der Waals surface area contributed by atoms with Gasteiger partial charge in [-0.25, -0.2) is 0 Å². The van der Waals surface area contributed by atoms with Gasteiger partial charge in [-0.05, 0) is 86.3 Å². The van der Waals surface area contributed by atoms with Crippen LogP contribution < -0.4 is 4.74 Å². The Morgan fingerprint density at radius 1 is 0.932 bits per heavy atom. The second-order valence-electron chi connectivity index (χ2n) is 13.2. The highest BCUT2D eigenvalue weighted by Crippen LogP contribution is 2.50. The van der Waals surface area contributed by atoms with Crippen molar-refractivity contribution in [3.05, 3.63) is 65.2 Å². The summed E-state index contributed by atoms with van der Waals surface area (Å²) in [6, 6.07) is 15.2. The molecule has 0 aliphatic heterocycles. The predicted octanol–water partition coefficient (Wildman–Crippen LogP) is 6.82. The third kappa shape index (κ3) is 7.71. The fourth-order valence-electron chi connectivity index (χ4n) is 8.00. The summed E-state index contributed by atoms with van der Waals surface area (Å²) in [5.74, 6) is -1.20. The summed E-state index contributed by atoms with van der Waals surface area (Å²) in [5.41, 5.74) is 2.95. The lowest BCUT2D eigenvalue weighted by molar-refractivity contribution is -0.165. The largest absolute Gasteiger partial charge is 0.485 e. The Balaban J connectivity index is 1.30. The van der Waals surface area contributed by atoms with Gasteiger partial charge in [-0.3, -0.25) is 14.4 Å². The first-order chi connectivity index (χ1) is 21.4. The molecule has 0 saturated heterocycles. The highest BCUT2D eigenvalue weighted by molar-refractivity contribution is 5.97. The number of fused-ring (bicyclic) bond motifs is 2. The number of benzene rings is 2. The lowest BCUT2D eigenvalue weighted by Gasteiger charge is -2.33. The van der Waals surface area contributed by atoms with Gasteiger partial charge in [0.05, 0.1) is 17.9 Å². The van der Waals surface area contributed by atoms with E-state index in [-0.39, 0.29) is 42.4 Å². The van der Waals surface area contributed by atoms with Crippen LogP contribution in [0.3, 0.4) is 0 Å². The summed E-state index contributed by atoms with van der Waals surface area (Å²) < 4.78 is 12.4. The molecule has 7 heteroatoms. The molecular formula is C37H48O7. The summed E-state index contributed by atoms with van der Waals surface area (Å²) in [6.45, 7) is 2.13. The number of hydrogen-bond donors (Lipinski definition) is 2. The van der Waals surface area contributed by atoms with E-state index in [1.54, 1.807) is 12.1 Å². The zero-order chi connectivity index (χ0) is 31.1. The van der Waals surface area contributed by atoms with Crippen LogP contribution in [0.15, 0.2) is 48.5 Å². The predicted molar refractivity (Wildman–Crippen MR) is 168 cm³/mol. The maximum Gasteiger partial charge on any atom is 0.310 e. The first-order valence-electron chi connectivity index (χ1n) is 16.8. The number of carbonyl (C=O) groups is 3. The number of ketones is 1. The SMILES string of the molecule is CCCCC[C@H](O)CC[C@@H]1[C@H]2Cc3cccc(OCC(=O)c4ccccc4)c3C[C@H]2C[C@H]1OC(=O)[C@@H]1CCCC[C@@H]1C(=O)O. The molecule has 0 amide bonds. The molecule has 0 heterocycles. The van der Waals surface area contributed by atoms with Crippen LogP contribution in [-0.2, 0) is 27.2 Å². The summed E-state index contributed by atoms with van der Waals surface area (Å²) in [5, 5.41) is 20.5. The number of carboxylic acids is 1. The van der Waals surface area contributed by atoms with Crippen LogP contribution in [0.1, 0.15) is 99.0 Å². The quantitative estimate of drug-likeness (QED) is 0.138. The third-order valence-corrected chi connectivity index (χ3v) is 10.4. The molecule has 0 bridgehead atoms. The van der Waals surface area contributed by atoms with Crippen molar-refractivity contribution in [3.63, 3.8) is 0 Å². The molecule has 44 heavy (non-hydrogen) atoms. The van der Waals surface area contributed by atoms with Crippen molar-refractivity contribution in [1.82, 2.24) is 0 Å². The van der Waals surface area contributed by atoms with E-state index in [4.69, 9.17) is 9.47 Å². The van der Waals surface area contributed by atoms with E-state index >= 15 is 0 Å². The minimum Gasteiger partial charge on any atom is -0.485 e. The van der Waals surface area contributed by atoms with Crippen molar-refractivity contribution in [3.8, 4) is 5.75 Å². The molecule has 0 radical (unpaired) electrons. The zero-order valence-electron chi connectivity index (χ0n) is 26.0. The van der Waals surface area contributed by atoms with Gasteiger partial charge in [0.25, 0.3) is 0 Å². The van der Waals surface area contributed by atoms with Crippen molar-refractivity contribution < 1.29 is 34.1 Å². The number of unbranched alkanes of at least 4 members (excludes halogenated alkanes) is 2. The fraction of sp³-hybridized carbons (Fsp3) is 0.595. The van der Waals surface area contributed by atoms with Crippen molar-refractivity contribution in [2.24, 2.45) is 29.6 Å². The molecule has 0 unspecified atom stereocenters. The van der Waals surface area contributed by atoms with Crippen LogP contribution >= 0.6 is 0 Å². The second kappa shape index (κ2) is 15.2. The number of rotatable bonds is 14. The minimum absolute atomic E-state index is 0.0283. The Hall–Kier alpha value is -3.19. The van der Waals surface area contributed by atoms with E-state index in [1.165, 1.54) is 5.56 Å². The Bertz CT molecular complexity index is 1270. The second-order valence-corrected chi connectivity index (χ2v) is 13.2. The van der Waals surface area contributed by atoms with Crippen LogP contribution in [0.2, 0.25) is 0 Å². The average Bonchev–Trinajstić information content (AvgIpc) is 3.37. The molecule has 7 atom stereocenters.